The SMILES string of the molecule is CC(=O)SCC#Cc1ccc(C=O)cc1. The van der Waals surface area contributed by atoms with Gasteiger partial charge in [0, 0.05) is 18.1 Å². The highest BCUT2D eigenvalue weighted by molar-refractivity contribution is 8.13. The maximum atomic E-state index is 10.6. The number of hydrogen-bond donors (Lipinski definition) is 0. The lowest BCUT2D eigenvalue weighted by Gasteiger charge is -1.90. The number of thioether (sulfide) groups is 1. The van der Waals surface area contributed by atoms with Gasteiger partial charge in [-0.2, -0.15) is 0 Å². The lowest BCUT2D eigenvalue weighted by Crippen LogP contribution is -1.83. The second kappa shape index (κ2) is 6.05. The van der Waals surface area contributed by atoms with Gasteiger partial charge in [0.05, 0.1) is 5.75 Å². The van der Waals surface area contributed by atoms with E-state index in [9.17, 15) is 9.59 Å². The molecule has 0 saturated heterocycles. The lowest BCUT2D eigenvalue weighted by atomic mass is 10.1. The highest BCUT2D eigenvalue weighted by atomic mass is 32.2. The molecule has 0 saturated carbocycles. The van der Waals surface area contributed by atoms with Gasteiger partial charge in [-0.15, -0.1) is 0 Å². The van der Waals surface area contributed by atoms with Crippen LogP contribution in [0.15, 0.2) is 24.3 Å². The van der Waals surface area contributed by atoms with Gasteiger partial charge in [-0.25, -0.2) is 0 Å². The van der Waals surface area contributed by atoms with Crippen LogP contribution >= 0.6 is 11.8 Å². The maximum absolute atomic E-state index is 10.6. The van der Waals surface area contributed by atoms with Crippen molar-refractivity contribution in [2.75, 3.05) is 5.75 Å². The highest BCUT2D eigenvalue weighted by Gasteiger charge is 1.90. The third-order valence-electron chi connectivity index (χ3n) is 1.63. The number of hydrogen-bond acceptors (Lipinski definition) is 3. The van der Waals surface area contributed by atoms with Gasteiger partial charge in [-0.1, -0.05) is 35.7 Å². The zero-order valence-corrected chi connectivity index (χ0v) is 9.14. The normalized spacial score (nSPS) is 8.87. The molecule has 0 radical (unpaired) electrons. The Bertz CT molecular complexity index is 409. The first-order chi connectivity index (χ1) is 7.22. The largest absolute Gasteiger partial charge is 0.298 e. The van der Waals surface area contributed by atoms with Crippen LogP contribution in [0.2, 0.25) is 0 Å². The molecule has 0 amide bonds. The van der Waals surface area contributed by atoms with E-state index in [-0.39, 0.29) is 5.12 Å². The third-order valence-corrected chi connectivity index (χ3v) is 2.32. The number of rotatable bonds is 2. The van der Waals surface area contributed by atoms with Gasteiger partial charge in [0.25, 0.3) is 0 Å². The predicted molar refractivity (Wildman–Crippen MR) is 61.8 cm³/mol. The first-order valence-corrected chi connectivity index (χ1v) is 5.38. The third kappa shape index (κ3) is 4.48. The summed E-state index contributed by atoms with van der Waals surface area (Å²) in [6, 6.07) is 7.01. The number of aldehydes is 1. The second-order valence-electron chi connectivity index (χ2n) is 2.82. The minimum absolute atomic E-state index is 0.0700. The Labute approximate surface area is 93.1 Å². The van der Waals surface area contributed by atoms with E-state index >= 15 is 0 Å². The summed E-state index contributed by atoms with van der Waals surface area (Å²) in [5.41, 5.74) is 1.49. The Kier molecular flexibility index (Phi) is 4.65. The van der Waals surface area contributed by atoms with Crippen molar-refractivity contribution in [1.82, 2.24) is 0 Å². The standard InChI is InChI=1S/C12H10O2S/c1-10(14)15-8-2-3-11-4-6-12(9-13)7-5-11/h4-7,9H,8H2,1H3. The van der Waals surface area contributed by atoms with Crippen molar-refractivity contribution in [3.63, 3.8) is 0 Å². The summed E-state index contributed by atoms with van der Waals surface area (Å²) < 4.78 is 0. The molecule has 3 heteroatoms. The minimum Gasteiger partial charge on any atom is -0.298 e. The number of carbonyl (C=O) groups excluding carboxylic acids is 2. The molecule has 0 heterocycles. The van der Waals surface area contributed by atoms with Crippen LogP contribution in [-0.4, -0.2) is 17.2 Å². The molecule has 1 aromatic rings. The highest BCUT2D eigenvalue weighted by Crippen LogP contribution is 2.02. The summed E-state index contributed by atoms with van der Waals surface area (Å²) in [6.45, 7) is 1.52. The van der Waals surface area contributed by atoms with Crippen LogP contribution in [-0.2, 0) is 4.79 Å². The minimum atomic E-state index is 0.0700. The van der Waals surface area contributed by atoms with Gasteiger partial charge in [0.1, 0.15) is 6.29 Å². The summed E-state index contributed by atoms with van der Waals surface area (Å²) in [5, 5.41) is 0.0700. The molecule has 15 heavy (non-hydrogen) atoms. The van der Waals surface area contributed by atoms with Gasteiger partial charge in [0.15, 0.2) is 5.12 Å². The Morgan fingerprint density at radius 1 is 1.40 bits per heavy atom. The molecule has 0 spiro atoms. The molecule has 2 nitrogen and oxygen atoms in total. The summed E-state index contributed by atoms with van der Waals surface area (Å²) in [5.74, 6) is 6.29. The van der Waals surface area contributed by atoms with Crippen LogP contribution < -0.4 is 0 Å². The van der Waals surface area contributed by atoms with E-state index in [4.69, 9.17) is 0 Å². The maximum Gasteiger partial charge on any atom is 0.186 e. The van der Waals surface area contributed by atoms with E-state index in [1.165, 1.54) is 18.7 Å². The van der Waals surface area contributed by atoms with Crippen molar-refractivity contribution >= 4 is 23.2 Å². The summed E-state index contributed by atoms with van der Waals surface area (Å²) in [6.07, 6.45) is 0.794. The van der Waals surface area contributed by atoms with E-state index < -0.39 is 0 Å². The lowest BCUT2D eigenvalue weighted by molar-refractivity contribution is -0.109. The fraction of sp³-hybridized carbons (Fsp3) is 0.167. The van der Waals surface area contributed by atoms with Crippen molar-refractivity contribution in [2.45, 2.75) is 6.92 Å². The van der Waals surface area contributed by atoms with Crippen molar-refractivity contribution < 1.29 is 9.59 Å². The van der Waals surface area contributed by atoms with Gasteiger partial charge < -0.3 is 0 Å². The summed E-state index contributed by atoms with van der Waals surface area (Å²) in [7, 11) is 0. The number of carbonyl (C=O) groups is 2. The molecule has 0 atom stereocenters. The first kappa shape index (κ1) is 11.5. The average Bonchev–Trinajstić information content (AvgIpc) is 2.25. The fourth-order valence-corrected chi connectivity index (χ4v) is 1.27. The molecule has 0 unspecified atom stereocenters. The monoisotopic (exact) mass is 218 g/mol. The molecule has 0 aliphatic heterocycles. The van der Waals surface area contributed by atoms with Crippen molar-refractivity contribution in [1.29, 1.82) is 0 Å². The predicted octanol–water partition coefficient (Wildman–Crippen LogP) is 2.13. The molecule has 0 N–H and O–H groups in total. The van der Waals surface area contributed by atoms with Crippen molar-refractivity contribution in [3.8, 4) is 11.8 Å². The molecule has 0 aromatic heterocycles. The molecule has 1 rings (SSSR count). The van der Waals surface area contributed by atoms with E-state index in [0.29, 0.717) is 11.3 Å². The Morgan fingerprint density at radius 3 is 2.60 bits per heavy atom. The molecular formula is C12H10O2S. The average molecular weight is 218 g/mol. The fourth-order valence-electron chi connectivity index (χ4n) is 0.921. The van der Waals surface area contributed by atoms with Crippen LogP contribution in [0.4, 0.5) is 0 Å². The van der Waals surface area contributed by atoms with Crippen LogP contribution in [0.3, 0.4) is 0 Å². The van der Waals surface area contributed by atoms with Crippen molar-refractivity contribution in [2.24, 2.45) is 0 Å². The smallest absolute Gasteiger partial charge is 0.186 e. The van der Waals surface area contributed by atoms with Crippen LogP contribution in [0, 0.1) is 11.8 Å². The van der Waals surface area contributed by atoms with E-state index in [2.05, 4.69) is 11.8 Å². The van der Waals surface area contributed by atoms with E-state index in [1.54, 1.807) is 24.3 Å². The Hall–Kier alpha value is -1.53. The van der Waals surface area contributed by atoms with Gasteiger partial charge in [-0.05, 0) is 12.1 Å². The topological polar surface area (TPSA) is 34.1 Å². The Morgan fingerprint density at radius 2 is 2.07 bits per heavy atom. The molecule has 76 valence electrons. The van der Waals surface area contributed by atoms with Crippen molar-refractivity contribution in [3.05, 3.63) is 35.4 Å². The van der Waals surface area contributed by atoms with Gasteiger partial charge in [0.2, 0.25) is 0 Å². The summed E-state index contributed by atoms with van der Waals surface area (Å²) >= 11 is 1.19. The molecule has 1 aromatic carbocycles. The molecule has 0 bridgehead atoms. The second-order valence-corrected chi connectivity index (χ2v) is 3.97. The molecule has 0 fully saturated rings. The quantitative estimate of drug-likeness (QED) is 0.563. The van der Waals surface area contributed by atoms with Crippen LogP contribution in [0.5, 0.6) is 0 Å². The number of benzene rings is 1. The zero-order chi connectivity index (χ0) is 11.1. The van der Waals surface area contributed by atoms with Gasteiger partial charge in [-0.3, -0.25) is 9.59 Å². The molecule has 0 aliphatic carbocycles. The summed E-state index contributed by atoms with van der Waals surface area (Å²) in [4.78, 5) is 21.0. The first-order valence-electron chi connectivity index (χ1n) is 4.40. The molecular weight excluding hydrogens is 208 g/mol. The van der Waals surface area contributed by atoms with Crippen LogP contribution in [0.1, 0.15) is 22.8 Å². The van der Waals surface area contributed by atoms with E-state index in [1.807, 2.05) is 0 Å². The van der Waals surface area contributed by atoms with Crippen LogP contribution in [0.25, 0.3) is 0 Å². The Balaban J connectivity index is 2.56. The van der Waals surface area contributed by atoms with E-state index in [0.717, 1.165) is 11.8 Å². The molecule has 0 aliphatic rings. The zero-order valence-electron chi connectivity index (χ0n) is 8.32. The van der Waals surface area contributed by atoms with Gasteiger partial charge >= 0.3 is 0 Å².